The lowest BCUT2D eigenvalue weighted by molar-refractivity contribution is -0.211. The van der Waals surface area contributed by atoms with Crippen LogP contribution >= 0.6 is 24.0 Å². The number of aromatic amines is 1. The minimum Gasteiger partial charge on any atom is -0.467 e. The van der Waals surface area contributed by atoms with Crippen molar-refractivity contribution in [2.24, 2.45) is 0 Å². The molecular weight excluding hydrogens is 320 g/mol. The van der Waals surface area contributed by atoms with Crippen LogP contribution in [-0.2, 0) is 14.3 Å². The van der Waals surface area contributed by atoms with Gasteiger partial charge in [-0.25, -0.2) is 9.78 Å². The summed E-state index contributed by atoms with van der Waals surface area (Å²) in [5.74, 6) is -0.840. The molecule has 1 fully saturated rings. The van der Waals surface area contributed by atoms with Crippen molar-refractivity contribution < 1.29 is 29.6 Å². The fraction of sp³-hybridized carbons (Fsp3) is 0.545. The highest BCUT2D eigenvalue weighted by Crippen LogP contribution is 2.31. The first-order chi connectivity index (χ1) is 9.93. The van der Waals surface area contributed by atoms with Gasteiger partial charge in [0.25, 0.3) is 0 Å². The summed E-state index contributed by atoms with van der Waals surface area (Å²) < 4.78 is 10.2. The molecule has 0 amide bonds. The Kier molecular flexibility index (Phi) is 5.30. The summed E-state index contributed by atoms with van der Waals surface area (Å²) in [7, 11) is 1.13. The van der Waals surface area contributed by atoms with Crippen LogP contribution < -0.4 is 0 Å². The van der Waals surface area contributed by atoms with Crippen LogP contribution in [0.3, 0.4) is 0 Å². The Labute approximate surface area is 129 Å². The third-order valence-corrected chi connectivity index (χ3v) is 4.17. The van der Waals surface area contributed by atoms with Crippen molar-refractivity contribution in [2.45, 2.75) is 35.0 Å². The maximum absolute atomic E-state index is 11.5. The van der Waals surface area contributed by atoms with Crippen LogP contribution in [0.5, 0.6) is 0 Å². The highest BCUT2D eigenvalue weighted by molar-refractivity contribution is 7.99. The van der Waals surface area contributed by atoms with Gasteiger partial charge >= 0.3 is 5.97 Å². The van der Waals surface area contributed by atoms with E-state index in [4.69, 9.17) is 17.0 Å². The number of nitrogens with one attached hydrogen (secondary N) is 1. The molecule has 8 nitrogen and oxygen atoms in total. The number of hydrogen-bond donors (Lipinski definition) is 4. The summed E-state index contributed by atoms with van der Waals surface area (Å²) in [6.07, 6.45) is -4.45. The molecule has 5 atom stereocenters. The number of carbonyl (C=O) groups excluding carboxylic acids is 1. The van der Waals surface area contributed by atoms with Crippen molar-refractivity contribution in [3.8, 4) is 0 Å². The van der Waals surface area contributed by atoms with Gasteiger partial charge in [-0.2, -0.15) is 0 Å². The van der Waals surface area contributed by atoms with Gasteiger partial charge < -0.3 is 29.8 Å². The molecule has 0 radical (unpaired) electrons. The van der Waals surface area contributed by atoms with E-state index in [-0.39, 0.29) is 0 Å². The molecule has 1 aliphatic rings. The second-order valence-electron chi connectivity index (χ2n) is 4.28. The molecule has 0 bridgehead atoms. The Hall–Kier alpha value is -1.04. The zero-order valence-electron chi connectivity index (χ0n) is 10.9. The molecule has 0 aromatic carbocycles. The van der Waals surface area contributed by atoms with E-state index in [0.29, 0.717) is 9.80 Å². The molecule has 2 heterocycles. The van der Waals surface area contributed by atoms with Gasteiger partial charge in [0.2, 0.25) is 0 Å². The van der Waals surface area contributed by atoms with Gasteiger partial charge in [-0.15, -0.1) is 0 Å². The third-order valence-electron chi connectivity index (χ3n) is 2.88. The van der Waals surface area contributed by atoms with Crippen LogP contribution in [0.15, 0.2) is 17.4 Å². The second kappa shape index (κ2) is 6.81. The molecule has 0 unspecified atom stereocenters. The van der Waals surface area contributed by atoms with Crippen LogP contribution in [0, 0.1) is 4.64 Å². The smallest absolute Gasteiger partial charge is 0.337 e. The van der Waals surface area contributed by atoms with Gasteiger partial charge in [0, 0.05) is 6.20 Å². The first kappa shape index (κ1) is 16.3. The largest absolute Gasteiger partial charge is 0.467 e. The maximum atomic E-state index is 11.5. The molecule has 1 aromatic heterocycles. The Morgan fingerprint density at radius 3 is 2.76 bits per heavy atom. The first-order valence-electron chi connectivity index (χ1n) is 5.93. The number of aliphatic hydroxyl groups is 3. The quantitative estimate of drug-likeness (QED) is 0.320. The number of hydrogen-bond acceptors (Lipinski definition) is 9. The average molecular weight is 334 g/mol. The molecule has 1 aromatic rings. The molecule has 0 saturated carbocycles. The lowest BCUT2D eigenvalue weighted by atomic mass is 10.00. The fourth-order valence-corrected chi connectivity index (χ4v) is 2.99. The topological polar surface area (TPSA) is 125 Å². The Bertz CT molecular complexity index is 568. The number of carbonyl (C=O) groups is 1. The maximum Gasteiger partial charge on any atom is 0.337 e. The van der Waals surface area contributed by atoms with Gasteiger partial charge in [0.15, 0.2) is 11.3 Å². The Balaban J connectivity index is 2.18. The minimum atomic E-state index is -1.58. The zero-order valence-corrected chi connectivity index (χ0v) is 12.5. The summed E-state index contributed by atoms with van der Waals surface area (Å²) in [5.41, 5.74) is -1.02. The molecule has 21 heavy (non-hydrogen) atoms. The second-order valence-corrected chi connectivity index (χ2v) is 5.80. The van der Waals surface area contributed by atoms with E-state index in [2.05, 4.69) is 14.7 Å². The van der Waals surface area contributed by atoms with Gasteiger partial charge in [-0.05, 0) is 6.07 Å². The summed E-state index contributed by atoms with van der Waals surface area (Å²) in [6, 6.07) is 1.58. The average Bonchev–Trinajstić information content (AvgIpc) is 2.47. The number of ether oxygens (including phenoxy) is 2. The number of nitrogens with zero attached hydrogens (tertiary/aromatic N) is 1. The zero-order chi connectivity index (χ0) is 15.6. The van der Waals surface area contributed by atoms with Crippen molar-refractivity contribution >= 4 is 29.9 Å². The molecule has 1 aliphatic heterocycles. The Morgan fingerprint density at radius 1 is 1.43 bits per heavy atom. The van der Waals surface area contributed by atoms with Gasteiger partial charge in [0.1, 0.15) is 28.4 Å². The summed E-state index contributed by atoms with van der Waals surface area (Å²) >= 11 is 5.89. The van der Waals surface area contributed by atoms with Gasteiger partial charge in [0.05, 0.1) is 7.11 Å². The summed E-state index contributed by atoms with van der Waals surface area (Å²) in [4.78, 5) is 18.3. The number of rotatable bonds is 3. The van der Waals surface area contributed by atoms with Crippen molar-refractivity contribution in [3.05, 3.63) is 16.9 Å². The number of methoxy groups -OCH3 is 1. The van der Waals surface area contributed by atoms with E-state index in [0.717, 1.165) is 18.9 Å². The van der Waals surface area contributed by atoms with Crippen LogP contribution in [0.25, 0.3) is 0 Å². The number of thioether (sulfide) groups is 1. The molecular formula is C11H14N2O6S2. The van der Waals surface area contributed by atoms with Crippen molar-refractivity contribution in [2.75, 3.05) is 7.11 Å². The lowest BCUT2D eigenvalue weighted by Gasteiger charge is -2.38. The predicted octanol–water partition coefficient (Wildman–Crippen LogP) is -0.788. The molecule has 0 aliphatic carbocycles. The first-order valence-corrected chi connectivity index (χ1v) is 7.22. The predicted molar refractivity (Wildman–Crippen MR) is 74.0 cm³/mol. The highest BCUT2D eigenvalue weighted by Gasteiger charge is 2.47. The van der Waals surface area contributed by atoms with Crippen molar-refractivity contribution in [1.29, 1.82) is 0 Å². The number of esters is 1. The number of aromatic nitrogens is 2. The van der Waals surface area contributed by atoms with E-state index in [9.17, 15) is 20.1 Å². The van der Waals surface area contributed by atoms with Crippen LogP contribution in [0.1, 0.15) is 0 Å². The van der Waals surface area contributed by atoms with E-state index in [1.165, 1.54) is 6.20 Å². The van der Waals surface area contributed by atoms with Gasteiger partial charge in [-0.1, -0.05) is 24.0 Å². The summed E-state index contributed by atoms with van der Waals surface area (Å²) in [6.45, 7) is 0. The highest BCUT2D eigenvalue weighted by atomic mass is 32.2. The normalized spacial score (nSPS) is 32.7. The van der Waals surface area contributed by atoms with Crippen molar-refractivity contribution in [3.63, 3.8) is 0 Å². The van der Waals surface area contributed by atoms with Crippen molar-refractivity contribution in [1.82, 2.24) is 9.97 Å². The SMILES string of the molecule is COC(=O)[C@H]1O[C@@H](Sc2nccc(=S)[nH]2)[C@H](O)[C@@H](O)[C@@H]1O. The standard InChI is InChI=1S/C11H14N2O6S2/c1-18-9(17)8-6(15)5(14)7(16)10(19-8)21-11-12-3-2-4(20)13-11/h2-3,5-8,10,14-16H,1H3,(H,12,13,20)/t5-,6-,7+,8-,10-/m0/s1. The van der Waals surface area contributed by atoms with Crippen LogP contribution in [-0.4, -0.2) is 68.2 Å². The minimum absolute atomic E-state index is 0.346. The molecule has 0 spiro atoms. The molecule has 2 rings (SSSR count). The van der Waals surface area contributed by atoms with Gasteiger partial charge in [-0.3, -0.25) is 0 Å². The van der Waals surface area contributed by atoms with E-state index in [1.54, 1.807) is 6.07 Å². The fourth-order valence-electron chi connectivity index (χ4n) is 1.78. The molecule has 4 N–H and O–H groups in total. The van der Waals surface area contributed by atoms with E-state index < -0.39 is 35.8 Å². The number of aliphatic hydroxyl groups excluding tert-OH is 3. The lowest BCUT2D eigenvalue weighted by Crippen LogP contribution is -2.59. The summed E-state index contributed by atoms with van der Waals surface area (Å²) in [5, 5.41) is 29.8. The monoisotopic (exact) mass is 334 g/mol. The molecule has 10 heteroatoms. The van der Waals surface area contributed by atoms with Crippen LogP contribution in [0.4, 0.5) is 0 Å². The molecule has 1 saturated heterocycles. The van der Waals surface area contributed by atoms with E-state index >= 15 is 0 Å². The van der Waals surface area contributed by atoms with E-state index in [1.807, 2.05) is 0 Å². The third kappa shape index (κ3) is 3.59. The van der Waals surface area contributed by atoms with Crippen LogP contribution in [0.2, 0.25) is 0 Å². The number of H-pyrrole nitrogens is 1. The Morgan fingerprint density at radius 2 is 2.14 bits per heavy atom. The molecule has 116 valence electrons.